The highest BCUT2D eigenvalue weighted by molar-refractivity contribution is 5.83. The van der Waals surface area contributed by atoms with E-state index in [1.807, 2.05) is 13.0 Å². The van der Waals surface area contributed by atoms with Crippen molar-refractivity contribution in [3.05, 3.63) is 45.2 Å². The number of benzene rings is 1. The number of aromatic nitrogens is 1. The fourth-order valence-corrected chi connectivity index (χ4v) is 3.75. The molecule has 1 fully saturated rings. The summed E-state index contributed by atoms with van der Waals surface area (Å²) in [4.78, 5) is 27.4. The number of nitrogens with one attached hydrogen (secondary N) is 2. The second-order valence-electron chi connectivity index (χ2n) is 7.05. The van der Waals surface area contributed by atoms with Gasteiger partial charge in [-0.3, -0.25) is 9.59 Å². The van der Waals surface area contributed by atoms with Crippen molar-refractivity contribution >= 4 is 16.8 Å². The molecule has 1 aromatic carbocycles. The lowest BCUT2D eigenvalue weighted by Gasteiger charge is -2.20. The van der Waals surface area contributed by atoms with Crippen LogP contribution >= 0.6 is 0 Å². The number of pyridine rings is 1. The van der Waals surface area contributed by atoms with Crippen LogP contribution in [-0.2, 0) is 11.2 Å². The number of carbonyl (C=O) groups excluding carboxylic acids is 1. The van der Waals surface area contributed by atoms with Crippen molar-refractivity contribution in [1.82, 2.24) is 10.3 Å². The molecule has 2 aromatic rings. The lowest BCUT2D eigenvalue weighted by Crippen LogP contribution is -2.34. The Balaban J connectivity index is 1.67. The van der Waals surface area contributed by atoms with Gasteiger partial charge in [-0.1, -0.05) is 30.9 Å². The SMILES string of the molecule is Cc1cc(C)c2[nH]c(=O)c(CCNC(=O)C3CCCCC3)cc2c1. The standard InChI is InChI=1S/C20H26N2O2/c1-13-10-14(2)18-17(11-13)12-16(20(24)22-18)8-9-21-19(23)15-6-4-3-5-7-15/h10-12,15H,3-9H2,1-2H3,(H,21,23)(H,22,24). The summed E-state index contributed by atoms with van der Waals surface area (Å²) >= 11 is 0. The lowest BCUT2D eigenvalue weighted by molar-refractivity contribution is -0.125. The molecule has 24 heavy (non-hydrogen) atoms. The quantitative estimate of drug-likeness (QED) is 0.905. The molecule has 4 heteroatoms. The number of carbonyl (C=O) groups is 1. The van der Waals surface area contributed by atoms with E-state index in [1.165, 1.54) is 12.0 Å². The molecule has 1 aliphatic carbocycles. The van der Waals surface area contributed by atoms with Crippen LogP contribution in [0.4, 0.5) is 0 Å². The first kappa shape index (κ1) is 16.7. The molecular formula is C20H26N2O2. The van der Waals surface area contributed by atoms with Gasteiger partial charge < -0.3 is 10.3 Å². The molecule has 0 aliphatic heterocycles. The maximum absolute atomic E-state index is 12.3. The van der Waals surface area contributed by atoms with E-state index in [1.54, 1.807) is 0 Å². The molecule has 3 rings (SSSR count). The summed E-state index contributed by atoms with van der Waals surface area (Å²) in [7, 11) is 0. The summed E-state index contributed by atoms with van der Waals surface area (Å²) < 4.78 is 0. The Morgan fingerprint density at radius 1 is 1.17 bits per heavy atom. The normalized spacial score (nSPS) is 15.6. The highest BCUT2D eigenvalue weighted by atomic mass is 16.2. The number of amides is 1. The topological polar surface area (TPSA) is 62.0 Å². The zero-order valence-electron chi connectivity index (χ0n) is 14.6. The molecular weight excluding hydrogens is 300 g/mol. The first-order chi connectivity index (χ1) is 11.5. The number of hydrogen-bond donors (Lipinski definition) is 2. The van der Waals surface area contributed by atoms with Crippen LogP contribution in [0.1, 0.15) is 48.8 Å². The Hall–Kier alpha value is -2.10. The average molecular weight is 326 g/mol. The molecule has 0 spiro atoms. The number of aromatic amines is 1. The van der Waals surface area contributed by atoms with Gasteiger partial charge in [0.2, 0.25) is 5.91 Å². The van der Waals surface area contributed by atoms with Crippen molar-refractivity contribution in [1.29, 1.82) is 0 Å². The van der Waals surface area contributed by atoms with E-state index in [0.717, 1.165) is 47.7 Å². The molecule has 1 heterocycles. The highest BCUT2D eigenvalue weighted by Gasteiger charge is 2.20. The third-order valence-corrected chi connectivity index (χ3v) is 5.04. The van der Waals surface area contributed by atoms with Gasteiger partial charge in [0.15, 0.2) is 0 Å². The molecule has 2 N–H and O–H groups in total. The molecule has 0 radical (unpaired) electrons. The van der Waals surface area contributed by atoms with E-state index in [0.29, 0.717) is 13.0 Å². The Morgan fingerprint density at radius 3 is 2.67 bits per heavy atom. The number of H-pyrrole nitrogens is 1. The number of rotatable bonds is 4. The molecule has 0 saturated heterocycles. The summed E-state index contributed by atoms with van der Waals surface area (Å²) in [5.41, 5.74) is 3.85. The predicted molar refractivity (Wildman–Crippen MR) is 97.3 cm³/mol. The summed E-state index contributed by atoms with van der Waals surface area (Å²) in [6.45, 7) is 4.59. The third-order valence-electron chi connectivity index (χ3n) is 5.04. The van der Waals surface area contributed by atoms with Crippen LogP contribution in [-0.4, -0.2) is 17.4 Å². The molecule has 1 aliphatic rings. The smallest absolute Gasteiger partial charge is 0.251 e. The minimum Gasteiger partial charge on any atom is -0.356 e. The maximum atomic E-state index is 12.3. The minimum atomic E-state index is -0.0543. The number of aryl methyl sites for hydroxylation is 2. The van der Waals surface area contributed by atoms with Crippen molar-refractivity contribution < 1.29 is 4.79 Å². The van der Waals surface area contributed by atoms with E-state index >= 15 is 0 Å². The maximum Gasteiger partial charge on any atom is 0.251 e. The summed E-state index contributed by atoms with van der Waals surface area (Å²) in [6.07, 6.45) is 6.12. The number of hydrogen-bond acceptors (Lipinski definition) is 2. The van der Waals surface area contributed by atoms with Crippen LogP contribution in [0.2, 0.25) is 0 Å². The van der Waals surface area contributed by atoms with Gasteiger partial charge in [-0.2, -0.15) is 0 Å². The van der Waals surface area contributed by atoms with Crippen LogP contribution in [0.3, 0.4) is 0 Å². The van der Waals surface area contributed by atoms with Crippen molar-refractivity contribution in [3.63, 3.8) is 0 Å². The van der Waals surface area contributed by atoms with Crippen molar-refractivity contribution in [3.8, 4) is 0 Å². The lowest BCUT2D eigenvalue weighted by atomic mass is 9.88. The van der Waals surface area contributed by atoms with Crippen molar-refractivity contribution in [2.24, 2.45) is 5.92 Å². The van der Waals surface area contributed by atoms with E-state index < -0.39 is 0 Å². The zero-order valence-corrected chi connectivity index (χ0v) is 14.6. The van der Waals surface area contributed by atoms with Gasteiger partial charge in [-0.15, -0.1) is 0 Å². The van der Waals surface area contributed by atoms with Crippen molar-refractivity contribution in [2.75, 3.05) is 6.54 Å². The summed E-state index contributed by atoms with van der Waals surface area (Å²) in [6, 6.07) is 6.12. The molecule has 0 unspecified atom stereocenters. The fraction of sp³-hybridized carbons (Fsp3) is 0.500. The van der Waals surface area contributed by atoms with Crippen LogP contribution in [0.15, 0.2) is 23.0 Å². The molecule has 4 nitrogen and oxygen atoms in total. The molecule has 128 valence electrons. The van der Waals surface area contributed by atoms with Gasteiger partial charge in [0, 0.05) is 18.0 Å². The predicted octanol–water partition coefficient (Wildman–Crippen LogP) is 3.38. The monoisotopic (exact) mass is 326 g/mol. The molecule has 0 atom stereocenters. The molecule has 1 amide bonds. The second-order valence-corrected chi connectivity index (χ2v) is 7.05. The zero-order chi connectivity index (χ0) is 17.1. The summed E-state index contributed by atoms with van der Waals surface area (Å²) in [5.74, 6) is 0.317. The van der Waals surface area contributed by atoms with Gasteiger partial charge in [0.05, 0.1) is 5.52 Å². The van der Waals surface area contributed by atoms with Gasteiger partial charge in [0.1, 0.15) is 0 Å². The Labute approximate surface area is 142 Å². The minimum absolute atomic E-state index is 0.0543. The van der Waals surface area contributed by atoms with Crippen LogP contribution in [0.25, 0.3) is 10.9 Å². The van der Waals surface area contributed by atoms with E-state index in [-0.39, 0.29) is 17.4 Å². The second kappa shape index (κ2) is 7.20. The molecule has 1 saturated carbocycles. The van der Waals surface area contributed by atoms with E-state index in [9.17, 15) is 9.59 Å². The Morgan fingerprint density at radius 2 is 1.92 bits per heavy atom. The van der Waals surface area contributed by atoms with E-state index in [4.69, 9.17) is 0 Å². The van der Waals surface area contributed by atoms with E-state index in [2.05, 4.69) is 29.4 Å². The van der Waals surface area contributed by atoms with Gasteiger partial charge >= 0.3 is 0 Å². The molecule has 0 bridgehead atoms. The summed E-state index contributed by atoms with van der Waals surface area (Å²) in [5, 5.41) is 4.06. The van der Waals surface area contributed by atoms with Gasteiger partial charge in [-0.05, 0) is 56.2 Å². The largest absolute Gasteiger partial charge is 0.356 e. The average Bonchev–Trinajstić information content (AvgIpc) is 2.57. The third kappa shape index (κ3) is 3.69. The van der Waals surface area contributed by atoms with Gasteiger partial charge in [0.25, 0.3) is 5.56 Å². The number of fused-ring (bicyclic) bond motifs is 1. The van der Waals surface area contributed by atoms with Crippen molar-refractivity contribution in [2.45, 2.75) is 52.4 Å². The highest BCUT2D eigenvalue weighted by Crippen LogP contribution is 2.23. The van der Waals surface area contributed by atoms with Crippen LogP contribution in [0.5, 0.6) is 0 Å². The Bertz CT molecular complexity index is 801. The fourth-order valence-electron chi connectivity index (χ4n) is 3.75. The van der Waals surface area contributed by atoms with Crippen LogP contribution < -0.4 is 10.9 Å². The Kier molecular flexibility index (Phi) is 5.03. The van der Waals surface area contributed by atoms with Gasteiger partial charge in [-0.25, -0.2) is 0 Å². The molecule has 1 aromatic heterocycles. The van der Waals surface area contributed by atoms with Crippen LogP contribution in [0, 0.1) is 19.8 Å². The first-order valence-electron chi connectivity index (χ1n) is 8.95. The first-order valence-corrected chi connectivity index (χ1v) is 8.95.